The van der Waals surface area contributed by atoms with Gasteiger partial charge in [-0.15, -0.1) is 0 Å². The minimum Gasteiger partial charge on any atom is -0.481 e. The van der Waals surface area contributed by atoms with Crippen LogP contribution in [-0.4, -0.2) is 11.1 Å². The van der Waals surface area contributed by atoms with Gasteiger partial charge in [-0.1, -0.05) is 42.0 Å². The monoisotopic (exact) mass is 272 g/mol. The molecule has 2 rings (SSSR count). The van der Waals surface area contributed by atoms with Crippen LogP contribution < -0.4 is 0 Å². The number of rotatable bonds is 4. The summed E-state index contributed by atoms with van der Waals surface area (Å²) in [5, 5.41) is 9.41. The molecule has 3 heteroatoms. The average Bonchev–Trinajstić information content (AvgIpc) is 2.40. The molecule has 20 heavy (non-hydrogen) atoms. The van der Waals surface area contributed by atoms with Gasteiger partial charge in [-0.05, 0) is 37.5 Å². The predicted octanol–water partition coefficient (Wildman–Crippen LogP) is 3.85. The van der Waals surface area contributed by atoms with E-state index in [1.807, 2.05) is 32.0 Å². The summed E-state index contributed by atoms with van der Waals surface area (Å²) < 4.78 is 13.8. The normalized spacial score (nSPS) is 12.2. The molecule has 0 aliphatic rings. The highest BCUT2D eigenvalue weighted by Crippen LogP contribution is 2.25. The molecule has 2 aromatic rings. The van der Waals surface area contributed by atoms with Crippen LogP contribution in [0, 0.1) is 19.7 Å². The lowest BCUT2D eigenvalue weighted by molar-refractivity contribution is -0.138. The molecule has 2 nitrogen and oxygen atoms in total. The van der Waals surface area contributed by atoms with Gasteiger partial charge in [-0.25, -0.2) is 4.39 Å². The van der Waals surface area contributed by atoms with E-state index in [1.54, 1.807) is 18.2 Å². The summed E-state index contributed by atoms with van der Waals surface area (Å²) in [6.07, 6.45) is 0.295. The minimum atomic E-state index is -1.00. The van der Waals surface area contributed by atoms with Crippen LogP contribution in [0.5, 0.6) is 0 Å². The van der Waals surface area contributed by atoms with Gasteiger partial charge in [0, 0.05) is 5.56 Å². The molecule has 0 heterocycles. The molecule has 0 spiro atoms. The standard InChI is InChI=1S/C17H17FO2/c1-11-7-8-12(2)13(9-11)10-15(17(19)20)14-5-3-4-6-16(14)18/h3-9,15H,10H2,1-2H3,(H,19,20). The number of halogens is 1. The van der Waals surface area contributed by atoms with Gasteiger partial charge in [-0.3, -0.25) is 4.79 Å². The van der Waals surface area contributed by atoms with E-state index in [0.717, 1.165) is 16.7 Å². The highest BCUT2D eigenvalue weighted by Gasteiger charge is 2.23. The van der Waals surface area contributed by atoms with Crippen LogP contribution in [0.3, 0.4) is 0 Å². The van der Waals surface area contributed by atoms with Gasteiger partial charge in [-0.2, -0.15) is 0 Å². The zero-order valence-corrected chi connectivity index (χ0v) is 11.6. The quantitative estimate of drug-likeness (QED) is 0.917. The van der Waals surface area contributed by atoms with E-state index in [4.69, 9.17) is 0 Å². The first-order chi connectivity index (χ1) is 9.49. The topological polar surface area (TPSA) is 37.3 Å². The molecule has 0 saturated carbocycles. The summed E-state index contributed by atoms with van der Waals surface area (Å²) in [4.78, 5) is 11.5. The number of hydrogen-bond donors (Lipinski definition) is 1. The van der Waals surface area contributed by atoms with E-state index in [0.29, 0.717) is 6.42 Å². The highest BCUT2D eigenvalue weighted by molar-refractivity contribution is 5.76. The average molecular weight is 272 g/mol. The number of carbonyl (C=O) groups is 1. The number of aliphatic carboxylic acids is 1. The van der Waals surface area contributed by atoms with E-state index in [2.05, 4.69) is 0 Å². The number of carboxylic acids is 1. The Labute approximate surface area is 117 Å². The number of hydrogen-bond acceptors (Lipinski definition) is 1. The fourth-order valence-electron chi connectivity index (χ4n) is 2.33. The van der Waals surface area contributed by atoms with Gasteiger partial charge in [0.25, 0.3) is 0 Å². The molecule has 2 aromatic carbocycles. The second-order valence-corrected chi connectivity index (χ2v) is 5.05. The van der Waals surface area contributed by atoms with Crippen molar-refractivity contribution in [3.63, 3.8) is 0 Å². The first-order valence-corrected chi connectivity index (χ1v) is 6.52. The van der Waals surface area contributed by atoms with Crippen LogP contribution in [0.4, 0.5) is 4.39 Å². The molecule has 0 bridgehead atoms. The zero-order chi connectivity index (χ0) is 14.7. The molecule has 0 aliphatic heterocycles. The molecule has 1 N–H and O–H groups in total. The van der Waals surface area contributed by atoms with Crippen molar-refractivity contribution >= 4 is 5.97 Å². The molecule has 0 saturated heterocycles. The Morgan fingerprint density at radius 1 is 1.20 bits per heavy atom. The lowest BCUT2D eigenvalue weighted by atomic mass is 9.89. The van der Waals surface area contributed by atoms with E-state index in [9.17, 15) is 14.3 Å². The Morgan fingerprint density at radius 2 is 1.90 bits per heavy atom. The van der Waals surface area contributed by atoms with E-state index >= 15 is 0 Å². The first-order valence-electron chi connectivity index (χ1n) is 6.52. The van der Waals surface area contributed by atoms with Crippen molar-refractivity contribution in [3.05, 3.63) is 70.5 Å². The maximum Gasteiger partial charge on any atom is 0.311 e. The van der Waals surface area contributed by atoms with Crippen molar-refractivity contribution in [2.75, 3.05) is 0 Å². The van der Waals surface area contributed by atoms with E-state index in [1.165, 1.54) is 6.07 Å². The zero-order valence-electron chi connectivity index (χ0n) is 11.6. The second-order valence-electron chi connectivity index (χ2n) is 5.05. The summed E-state index contributed by atoms with van der Waals surface area (Å²) in [5.74, 6) is -2.34. The Bertz CT molecular complexity index is 635. The largest absolute Gasteiger partial charge is 0.481 e. The molecular formula is C17H17FO2. The van der Waals surface area contributed by atoms with Crippen molar-refractivity contribution in [2.24, 2.45) is 0 Å². The molecule has 1 atom stereocenters. The number of carboxylic acid groups (broad SMARTS) is 1. The van der Waals surface area contributed by atoms with E-state index < -0.39 is 17.7 Å². The molecular weight excluding hydrogens is 255 g/mol. The maximum atomic E-state index is 13.8. The van der Waals surface area contributed by atoms with Gasteiger partial charge < -0.3 is 5.11 Å². The minimum absolute atomic E-state index is 0.237. The van der Waals surface area contributed by atoms with Crippen molar-refractivity contribution in [2.45, 2.75) is 26.2 Å². The van der Waals surface area contributed by atoms with E-state index in [-0.39, 0.29) is 5.56 Å². The van der Waals surface area contributed by atoms with Crippen LogP contribution in [0.15, 0.2) is 42.5 Å². The molecule has 0 aromatic heterocycles. The molecule has 0 aliphatic carbocycles. The van der Waals surface area contributed by atoms with Gasteiger partial charge in [0.1, 0.15) is 5.82 Å². The van der Waals surface area contributed by atoms with Crippen molar-refractivity contribution < 1.29 is 14.3 Å². The van der Waals surface area contributed by atoms with Crippen LogP contribution in [0.1, 0.15) is 28.2 Å². The van der Waals surface area contributed by atoms with Crippen LogP contribution in [0.25, 0.3) is 0 Å². The Morgan fingerprint density at radius 3 is 2.55 bits per heavy atom. The molecule has 0 fully saturated rings. The molecule has 1 unspecified atom stereocenters. The Hall–Kier alpha value is -2.16. The van der Waals surface area contributed by atoms with Gasteiger partial charge in [0.15, 0.2) is 0 Å². The predicted molar refractivity (Wildman–Crippen MR) is 76.4 cm³/mol. The van der Waals surface area contributed by atoms with Crippen molar-refractivity contribution in [3.8, 4) is 0 Å². The third kappa shape index (κ3) is 3.05. The van der Waals surface area contributed by atoms with Crippen LogP contribution in [0.2, 0.25) is 0 Å². The number of benzene rings is 2. The second kappa shape index (κ2) is 5.87. The first kappa shape index (κ1) is 14.3. The fraction of sp³-hybridized carbons (Fsp3) is 0.235. The lowest BCUT2D eigenvalue weighted by Crippen LogP contribution is -2.16. The van der Waals surface area contributed by atoms with Crippen molar-refractivity contribution in [1.82, 2.24) is 0 Å². The van der Waals surface area contributed by atoms with Gasteiger partial charge in [0.2, 0.25) is 0 Å². The summed E-state index contributed by atoms with van der Waals surface area (Å²) in [7, 11) is 0. The molecule has 0 radical (unpaired) electrons. The smallest absolute Gasteiger partial charge is 0.311 e. The summed E-state index contributed by atoms with van der Waals surface area (Å²) in [5.41, 5.74) is 3.28. The fourth-order valence-corrected chi connectivity index (χ4v) is 2.33. The van der Waals surface area contributed by atoms with Gasteiger partial charge in [0.05, 0.1) is 5.92 Å². The Balaban J connectivity index is 2.38. The SMILES string of the molecule is Cc1ccc(C)c(CC(C(=O)O)c2ccccc2F)c1. The van der Waals surface area contributed by atoms with Gasteiger partial charge >= 0.3 is 5.97 Å². The van der Waals surface area contributed by atoms with Crippen LogP contribution in [-0.2, 0) is 11.2 Å². The summed E-state index contributed by atoms with van der Waals surface area (Å²) in [6, 6.07) is 12.0. The summed E-state index contributed by atoms with van der Waals surface area (Å²) in [6.45, 7) is 3.90. The molecule has 0 amide bonds. The third-order valence-corrected chi connectivity index (χ3v) is 3.51. The number of aryl methyl sites for hydroxylation is 2. The molecule has 104 valence electrons. The third-order valence-electron chi connectivity index (χ3n) is 3.51. The van der Waals surface area contributed by atoms with Crippen molar-refractivity contribution in [1.29, 1.82) is 0 Å². The Kier molecular flexibility index (Phi) is 4.18. The van der Waals surface area contributed by atoms with Crippen LogP contribution >= 0.6 is 0 Å². The summed E-state index contributed by atoms with van der Waals surface area (Å²) >= 11 is 0. The lowest BCUT2D eigenvalue weighted by Gasteiger charge is -2.15. The highest BCUT2D eigenvalue weighted by atomic mass is 19.1. The maximum absolute atomic E-state index is 13.8.